The molecule has 2 atom stereocenters. The second kappa shape index (κ2) is 6.24. The van der Waals surface area contributed by atoms with Gasteiger partial charge in [-0.3, -0.25) is 4.79 Å². The molecule has 0 radical (unpaired) electrons. The van der Waals surface area contributed by atoms with Gasteiger partial charge in [0.15, 0.2) is 0 Å². The molecule has 1 amide bonds. The molecule has 0 aromatic carbocycles. The van der Waals surface area contributed by atoms with Crippen LogP contribution in [-0.2, 0) is 0 Å². The molecule has 4 nitrogen and oxygen atoms in total. The van der Waals surface area contributed by atoms with Gasteiger partial charge in [-0.05, 0) is 30.9 Å². The van der Waals surface area contributed by atoms with Crippen LogP contribution in [0.15, 0.2) is 12.1 Å². The molecule has 1 aromatic rings. The lowest BCUT2D eigenvalue weighted by Gasteiger charge is -2.27. The number of carbonyl (C=O) groups excluding carboxylic acids is 1. The van der Waals surface area contributed by atoms with E-state index in [4.69, 9.17) is 11.6 Å². The zero-order valence-corrected chi connectivity index (χ0v) is 12.1. The Morgan fingerprint density at radius 3 is 2.89 bits per heavy atom. The normalized spacial score (nSPS) is 22.9. The third kappa shape index (κ3) is 3.60. The van der Waals surface area contributed by atoms with Gasteiger partial charge in [0, 0.05) is 13.1 Å². The number of nitrogens with one attached hydrogen (secondary N) is 2. The molecule has 0 aliphatic heterocycles. The van der Waals surface area contributed by atoms with Gasteiger partial charge in [-0.25, -0.2) is 4.98 Å². The Morgan fingerprint density at radius 1 is 1.42 bits per heavy atom. The highest BCUT2D eigenvalue weighted by atomic mass is 35.5. The maximum atomic E-state index is 12.2. The van der Waals surface area contributed by atoms with Crippen LogP contribution < -0.4 is 10.6 Å². The molecule has 1 aliphatic rings. The molecular weight excluding hydrogens is 262 g/mol. The van der Waals surface area contributed by atoms with Crippen LogP contribution in [0, 0.1) is 5.92 Å². The Labute approximate surface area is 118 Å². The molecule has 1 fully saturated rings. The van der Waals surface area contributed by atoms with E-state index in [1.165, 1.54) is 12.8 Å². The molecular formula is C14H20ClN3O. The summed E-state index contributed by atoms with van der Waals surface area (Å²) in [6.07, 6.45) is 4.50. The van der Waals surface area contributed by atoms with Crippen molar-refractivity contribution in [3.8, 4) is 0 Å². The van der Waals surface area contributed by atoms with Gasteiger partial charge in [0.05, 0.1) is 5.02 Å². The smallest absolute Gasteiger partial charge is 0.271 e. The van der Waals surface area contributed by atoms with Crippen molar-refractivity contribution < 1.29 is 4.79 Å². The number of hydrogen-bond donors (Lipinski definition) is 2. The lowest BCUT2D eigenvalue weighted by Crippen LogP contribution is -2.38. The number of hydrogen-bond acceptors (Lipinski definition) is 3. The second-order valence-corrected chi connectivity index (χ2v) is 5.63. The minimum atomic E-state index is -0.179. The lowest BCUT2D eigenvalue weighted by molar-refractivity contribution is 0.0916. The minimum absolute atomic E-state index is 0.179. The first-order valence-electron chi connectivity index (χ1n) is 6.75. The molecule has 1 aliphatic carbocycles. The molecule has 0 bridgehead atoms. The van der Waals surface area contributed by atoms with Crippen LogP contribution in [0.4, 0.5) is 5.82 Å². The topological polar surface area (TPSA) is 54.0 Å². The van der Waals surface area contributed by atoms with Crippen molar-refractivity contribution in [2.75, 3.05) is 12.4 Å². The van der Waals surface area contributed by atoms with Gasteiger partial charge in [-0.1, -0.05) is 31.4 Å². The maximum absolute atomic E-state index is 12.2. The van der Waals surface area contributed by atoms with Crippen LogP contribution in [0.3, 0.4) is 0 Å². The number of rotatable bonds is 3. The first-order valence-corrected chi connectivity index (χ1v) is 7.13. The van der Waals surface area contributed by atoms with Gasteiger partial charge >= 0.3 is 0 Å². The summed E-state index contributed by atoms with van der Waals surface area (Å²) in [6, 6.07) is 3.69. The number of halogens is 1. The van der Waals surface area contributed by atoms with Gasteiger partial charge in [0.2, 0.25) is 0 Å². The summed E-state index contributed by atoms with van der Waals surface area (Å²) < 4.78 is 0. The van der Waals surface area contributed by atoms with E-state index < -0.39 is 0 Å². The van der Waals surface area contributed by atoms with Gasteiger partial charge in [-0.2, -0.15) is 0 Å². The number of anilines is 1. The predicted octanol–water partition coefficient (Wildman–Crippen LogP) is 3.09. The van der Waals surface area contributed by atoms with Crippen LogP contribution in [-0.4, -0.2) is 24.0 Å². The van der Waals surface area contributed by atoms with Gasteiger partial charge in [-0.15, -0.1) is 0 Å². The minimum Gasteiger partial charge on any atom is -0.373 e. The highest BCUT2D eigenvalue weighted by Crippen LogP contribution is 2.24. The first-order chi connectivity index (χ1) is 9.10. The molecule has 1 saturated carbocycles. The molecule has 5 heteroatoms. The summed E-state index contributed by atoms with van der Waals surface area (Å²) in [5, 5.41) is 6.34. The third-order valence-electron chi connectivity index (χ3n) is 3.59. The predicted molar refractivity (Wildman–Crippen MR) is 77.7 cm³/mol. The van der Waals surface area contributed by atoms with Crippen molar-refractivity contribution in [2.45, 2.75) is 38.6 Å². The summed E-state index contributed by atoms with van der Waals surface area (Å²) in [7, 11) is 1.76. The van der Waals surface area contributed by atoms with Crippen LogP contribution in [0.2, 0.25) is 5.02 Å². The Balaban J connectivity index is 2.06. The number of amides is 1. The SMILES string of the molecule is CNc1ccc(Cl)c(C(=O)NC2CCCC(C)C2)n1. The van der Waals surface area contributed by atoms with Crippen molar-refractivity contribution in [1.82, 2.24) is 10.3 Å². The van der Waals surface area contributed by atoms with Crippen molar-refractivity contribution in [2.24, 2.45) is 5.92 Å². The molecule has 0 spiro atoms. The Morgan fingerprint density at radius 2 is 2.21 bits per heavy atom. The number of aromatic nitrogens is 1. The lowest BCUT2D eigenvalue weighted by atomic mass is 9.87. The summed E-state index contributed by atoms with van der Waals surface area (Å²) >= 11 is 6.04. The zero-order chi connectivity index (χ0) is 13.8. The van der Waals surface area contributed by atoms with E-state index in [-0.39, 0.29) is 11.9 Å². The average molecular weight is 282 g/mol. The summed E-state index contributed by atoms with van der Waals surface area (Å²) in [4.78, 5) is 16.4. The monoisotopic (exact) mass is 281 g/mol. The largest absolute Gasteiger partial charge is 0.373 e. The van der Waals surface area contributed by atoms with Crippen LogP contribution >= 0.6 is 11.6 Å². The van der Waals surface area contributed by atoms with Crippen LogP contribution in [0.5, 0.6) is 0 Å². The fraction of sp³-hybridized carbons (Fsp3) is 0.571. The molecule has 0 saturated heterocycles. The first kappa shape index (κ1) is 14.1. The van der Waals surface area contributed by atoms with E-state index in [0.717, 1.165) is 12.8 Å². The van der Waals surface area contributed by atoms with E-state index in [1.54, 1.807) is 19.2 Å². The van der Waals surface area contributed by atoms with Crippen LogP contribution in [0.25, 0.3) is 0 Å². The molecule has 2 N–H and O–H groups in total. The Kier molecular flexibility index (Phi) is 4.64. The van der Waals surface area contributed by atoms with E-state index >= 15 is 0 Å². The fourth-order valence-corrected chi connectivity index (χ4v) is 2.75. The average Bonchev–Trinajstić information content (AvgIpc) is 2.39. The van der Waals surface area contributed by atoms with Crippen molar-refractivity contribution >= 4 is 23.3 Å². The molecule has 104 valence electrons. The molecule has 1 heterocycles. The second-order valence-electron chi connectivity index (χ2n) is 5.22. The van der Waals surface area contributed by atoms with E-state index in [1.807, 2.05) is 0 Å². The summed E-state index contributed by atoms with van der Waals surface area (Å²) in [6.45, 7) is 2.23. The van der Waals surface area contributed by atoms with Crippen molar-refractivity contribution in [1.29, 1.82) is 0 Å². The maximum Gasteiger partial charge on any atom is 0.271 e. The van der Waals surface area contributed by atoms with Crippen molar-refractivity contribution in [3.63, 3.8) is 0 Å². The number of pyridine rings is 1. The van der Waals surface area contributed by atoms with Gasteiger partial charge in [0.25, 0.3) is 5.91 Å². The van der Waals surface area contributed by atoms with Crippen molar-refractivity contribution in [3.05, 3.63) is 22.8 Å². The molecule has 2 unspecified atom stereocenters. The third-order valence-corrected chi connectivity index (χ3v) is 3.89. The van der Waals surface area contributed by atoms with E-state index in [0.29, 0.717) is 22.5 Å². The molecule has 19 heavy (non-hydrogen) atoms. The van der Waals surface area contributed by atoms with Gasteiger partial charge in [0.1, 0.15) is 11.5 Å². The quantitative estimate of drug-likeness (QED) is 0.895. The molecule has 2 rings (SSSR count). The summed E-state index contributed by atoms with van der Waals surface area (Å²) in [5.74, 6) is 1.14. The fourth-order valence-electron chi connectivity index (χ4n) is 2.56. The zero-order valence-electron chi connectivity index (χ0n) is 11.4. The molecule has 1 aromatic heterocycles. The summed E-state index contributed by atoms with van der Waals surface area (Å²) in [5.41, 5.74) is 0.298. The Hall–Kier alpha value is -1.29. The highest BCUT2D eigenvalue weighted by Gasteiger charge is 2.22. The van der Waals surface area contributed by atoms with E-state index in [2.05, 4.69) is 22.5 Å². The number of carbonyl (C=O) groups is 1. The van der Waals surface area contributed by atoms with Crippen LogP contribution in [0.1, 0.15) is 43.1 Å². The number of nitrogens with zero attached hydrogens (tertiary/aromatic N) is 1. The standard InChI is InChI=1S/C14H20ClN3O/c1-9-4-3-5-10(8-9)17-14(19)13-11(15)6-7-12(16-2)18-13/h6-7,9-10H,3-5,8H2,1-2H3,(H,16,18)(H,17,19). The van der Waals surface area contributed by atoms with Gasteiger partial charge < -0.3 is 10.6 Å². The Bertz CT molecular complexity index is 464. The van der Waals surface area contributed by atoms with E-state index in [9.17, 15) is 4.79 Å². The highest BCUT2D eigenvalue weighted by molar-refractivity contribution is 6.33.